The van der Waals surface area contributed by atoms with E-state index in [-0.39, 0.29) is 6.04 Å². The van der Waals surface area contributed by atoms with Gasteiger partial charge >= 0.3 is 0 Å². The van der Waals surface area contributed by atoms with Crippen LogP contribution in [0.1, 0.15) is 25.5 Å². The van der Waals surface area contributed by atoms with Crippen LogP contribution in [0.3, 0.4) is 0 Å². The van der Waals surface area contributed by atoms with Crippen LogP contribution in [-0.4, -0.2) is 29.2 Å². The van der Waals surface area contributed by atoms with Gasteiger partial charge < -0.3 is 10.1 Å². The quantitative estimate of drug-likeness (QED) is 0.856. The first kappa shape index (κ1) is 11.8. The van der Waals surface area contributed by atoms with E-state index in [1.807, 2.05) is 6.07 Å². The monoisotopic (exact) mass is 232 g/mol. The zero-order chi connectivity index (χ0) is 12.1. The maximum absolute atomic E-state index is 8.93. The topological polar surface area (TPSA) is 70.8 Å². The number of rotatable bonds is 3. The highest BCUT2D eigenvalue weighted by Gasteiger charge is 2.21. The molecule has 1 N–H and O–H groups in total. The van der Waals surface area contributed by atoms with E-state index in [2.05, 4.69) is 22.2 Å². The number of hydrogen-bond donors (Lipinski definition) is 1. The standard InChI is InChI=1S/C12H16N4O/c1-9(10-2-6-17-7-3-10)16-12-11(8-13)14-4-5-15-12/h4-5,9-10H,2-3,6-7H2,1H3,(H,15,16). The molecule has 0 aliphatic carbocycles. The largest absolute Gasteiger partial charge is 0.381 e. The van der Waals surface area contributed by atoms with Crippen LogP contribution in [0.15, 0.2) is 12.4 Å². The molecule has 0 radical (unpaired) electrons. The lowest BCUT2D eigenvalue weighted by molar-refractivity contribution is 0.0622. The number of nitriles is 1. The zero-order valence-corrected chi connectivity index (χ0v) is 9.89. The van der Waals surface area contributed by atoms with E-state index in [1.165, 1.54) is 6.20 Å². The van der Waals surface area contributed by atoms with Crippen molar-refractivity contribution in [2.45, 2.75) is 25.8 Å². The first-order valence-corrected chi connectivity index (χ1v) is 5.86. The molecular weight excluding hydrogens is 216 g/mol. The second-order valence-corrected chi connectivity index (χ2v) is 4.25. The highest BCUT2D eigenvalue weighted by atomic mass is 16.5. The summed E-state index contributed by atoms with van der Waals surface area (Å²) in [5.41, 5.74) is 0.353. The van der Waals surface area contributed by atoms with E-state index >= 15 is 0 Å². The van der Waals surface area contributed by atoms with E-state index in [4.69, 9.17) is 10.00 Å². The fraction of sp³-hybridized carbons (Fsp3) is 0.583. The van der Waals surface area contributed by atoms with Gasteiger partial charge in [-0.05, 0) is 25.7 Å². The molecule has 1 saturated heterocycles. The van der Waals surface area contributed by atoms with Gasteiger partial charge in [-0.25, -0.2) is 9.97 Å². The normalized spacial score (nSPS) is 18.4. The van der Waals surface area contributed by atoms with Gasteiger partial charge in [0.25, 0.3) is 0 Å². The summed E-state index contributed by atoms with van der Waals surface area (Å²) in [7, 11) is 0. The Hall–Kier alpha value is -1.67. The summed E-state index contributed by atoms with van der Waals surface area (Å²) in [6.07, 6.45) is 5.23. The first-order chi connectivity index (χ1) is 8.31. The van der Waals surface area contributed by atoms with Crippen LogP contribution >= 0.6 is 0 Å². The van der Waals surface area contributed by atoms with Crippen LogP contribution in [-0.2, 0) is 4.74 Å². The average Bonchev–Trinajstić information content (AvgIpc) is 2.40. The van der Waals surface area contributed by atoms with Crippen LogP contribution in [0.4, 0.5) is 5.82 Å². The Bertz CT molecular complexity index is 409. The van der Waals surface area contributed by atoms with E-state index in [1.54, 1.807) is 6.20 Å². The predicted octanol–water partition coefficient (Wildman–Crippen LogP) is 1.58. The van der Waals surface area contributed by atoms with Crippen molar-refractivity contribution >= 4 is 5.82 Å². The number of aromatic nitrogens is 2. The summed E-state index contributed by atoms with van der Waals surface area (Å²) >= 11 is 0. The molecule has 0 amide bonds. The molecule has 0 bridgehead atoms. The molecular formula is C12H16N4O. The number of nitrogens with one attached hydrogen (secondary N) is 1. The second kappa shape index (κ2) is 5.60. The van der Waals surface area contributed by atoms with E-state index in [0.717, 1.165) is 26.1 Å². The van der Waals surface area contributed by atoms with Crippen molar-refractivity contribution in [2.75, 3.05) is 18.5 Å². The Labute approximate surface area is 101 Å². The van der Waals surface area contributed by atoms with Gasteiger partial charge in [-0.3, -0.25) is 0 Å². The van der Waals surface area contributed by atoms with Crippen LogP contribution in [0.25, 0.3) is 0 Å². The van der Waals surface area contributed by atoms with Gasteiger partial charge in [0.15, 0.2) is 11.5 Å². The third-order valence-corrected chi connectivity index (χ3v) is 3.14. The van der Waals surface area contributed by atoms with Crippen molar-refractivity contribution in [3.05, 3.63) is 18.1 Å². The van der Waals surface area contributed by atoms with Crippen molar-refractivity contribution in [1.82, 2.24) is 9.97 Å². The summed E-state index contributed by atoms with van der Waals surface area (Å²) < 4.78 is 5.34. The van der Waals surface area contributed by atoms with Crippen LogP contribution < -0.4 is 5.32 Å². The lowest BCUT2D eigenvalue weighted by Crippen LogP contribution is -2.31. The summed E-state index contributed by atoms with van der Waals surface area (Å²) in [4.78, 5) is 8.14. The highest BCUT2D eigenvalue weighted by molar-refractivity contribution is 5.47. The maximum atomic E-state index is 8.93. The molecule has 0 saturated carbocycles. The predicted molar refractivity (Wildman–Crippen MR) is 63.4 cm³/mol. The van der Waals surface area contributed by atoms with Gasteiger partial charge in [-0.15, -0.1) is 0 Å². The minimum absolute atomic E-state index is 0.280. The van der Waals surface area contributed by atoms with Gasteiger partial charge in [0.1, 0.15) is 6.07 Å². The molecule has 2 heterocycles. The van der Waals surface area contributed by atoms with Crippen molar-refractivity contribution in [2.24, 2.45) is 5.92 Å². The van der Waals surface area contributed by atoms with E-state index < -0.39 is 0 Å². The summed E-state index contributed by atoms with van der Waals surface area (Å²) in [5, 5.41) is 12.2. The van der Waals surface area contributed by atoms with Crippen LogP contribution in [0.5, 0.6) is 0 Å². The van der Waals surface area contributed by atoms with Gasteiger partial charge in [0, 0.05) is 31.6 Å². The van der Waals surface area contributed by atoms with Gasteiger partial charge in [0.2, 0.25) is 0 Å². The molecule has 1 aliphatic heterocycles. The summed E-state index contributed by atoms with van der Waals surface area (Å²) in [6.45, 7) is 3.76. The molecule has 2 rings (SSSR count). The average molecular weight is 232 g/mol. The molecule has 1 atom stereocenters. The highest BCUT2D eigenvalue weighted by Crippen LogP contribution is 2.21. The van der Waals surface area contributed by atoms with Crippen LogP contribution in [0, 0.1) is 17.2 Å². The van der Waals surface area contributed by atoms with Gasteiger partial charge in [-0.2, -0.15) is 5.26 Å². The van der Waals surface area contributed by atoms with Gasteiger partial charge in [0.05, 0.1) is 0 Å². The molecule has 1 fully saturated rings. The molecule has 90 valence electrons. The molecule has 0 spiro atoms. The Balaban J connectivity index is 2.02. The Kier molecular flexibility index (Phi) is 3.89. The number of hydrogen-bond acceptors (Lipinski definition) is 5. The lowest BCUT2D eigenvalue weighted by atomic mass is 9.93. The molecule has 1 aromatic rings. The van der Waals surface area contributed by atoms with Gasteiger partial charge in [-0.1, -0.05) is 0 Å². The summed E-state index contributed by atoms with van der Waals surface area (Å²) in [6, 6.07) is 2.32. The molecule has 1 unspecified atom stereocenters. The number of anilines is 1. The Morgan fingerprint density at radius 3 is 2.82 bits per heavy atom. The fourth-order valence-corrected chi connectivity index (χ4v) is 2.07. The van der Waals surface area contributed by atoms with Crippen LogP contribution in [0.2, 0.25) is 0 Å². The molecule has 1 aromatic heterocycles. The van der Waals surface area contributed by atoms with Crippen molar-refractivity contribution in [1.29, 1.82) is 5.26 Å². The molecule has 17 heavy (non-hydrogen) atoms. The fourth-order valence-electron chi connectivity index (χ4n) is 2.07. The Morgan fingerprint density at radius 1 is 1.41 bits per heavy atom. The molecule has 1 aliphatic rings. The smallest absolute Gasteiger partial charge is 0.182 e. The Morgan fingerprint density at radius 2 is 2.12 bits per heavy atom. The molecule has 5 nitrogen and oxygen atoms in total. The summed E-state index contributed by atoms with van der Waals surface area (Å²) in [5.74, 6) is 1.14. The molecule has 0 aromatic carbocycles. The van der Waals surface area contributed by atoms with Crippen molar-refractivity contribution < 1.29 is 4.74 Å². The molecule has 5 heteroatoms. The number of ether oxygens (including phenoxy) is 1. The minimum Gasteiger partial charge on any atom is -0.381 e. The second-order valence-electron chi connectivity index (χ2n) is 4.25. The number of nitrogens with zero attached hydrogens (tertiary/aromatic N) is 3. The third kappa shape index (κ3) is 2.92. The van der Waals surface area contributed by atoms with Crippen molar-refractivity contribution in [3.63, 3.8) is 0 Å². The SMILES string of the molecule is CC(Nc1nccnc1C#N)C1CCOCC1. The van der Waals surface area contributed by atoms with E-state index in [9.17, 15) is 0 Å². The zero-order valence-electron chi connectivity index (χ0n) is 9.89. The first-order valence-electron chi connectivity index (χ1n) is 5.86. The third-order valence-electron chi connectivity index (χ3n) is 3.14. The minimum atomic E-state index is 0.280. The van der Waals surface area contributed by atoms with Crippen molar-refractivity contribution in [3.8, 4) is 6.07 Å². The van der Waals surface area contributed by atoms with E-state index in [0.29, 0.717) is 17.4 Å². The maximum Gasteiger partial charge on any atom is 0.182 e. The lowest BCUT2D eigenvalue weighted by Gasteiger charge is -2.28.